The number of rotatable bonds is 5. The van der Waals surface area contributed by atoms with E-state index in [1.54, 1.807) is 0 Å². The first-order valence-corrected chi connectivity index (χ1v) is 7.56. The lowest BCUT2D eigenvalue weighted by Crippen LogP contribution is -2.38. The van der Waals surface area contributed by atoms with Crippen LogP contribution in [0.5, 0.6) is 0 Å². The van der Waals surface area contributed by atoms with E-state index in [4.69, 9.17) is 5.11 Å². The SMILES string of the molecule is CCC(C)N(CC)C(=O)c1cc(C)ccc1C#CCCO. The maximum Gasteiger partial charge on any atom is 0.255 e. The molecule has 1 N–H and O–H groups in total. The smallest absolute Gasteiger partial charge is 0.255 e. The van der Waals surface area contributed by atoms with Crippen LogP contribution in [0.1, 0.15) is 55.1 Å². The highest BCUT2D eigenvalue weighted by molar-refractivity contribution is 5.97. The zero-order valence-electron chi connectivity index (χ0n) is 13.4. The molecule has 3 nitrogen and oxygen atoms in total. The van der Waals surface area contributed by atoms with E-state index in [-0.39, 0.29) is 18.6 Å². The van der Waals surface area contributed by atoms with E-state index in [0.29, 0.717) is 18.5 Å². The second-order valence-corrected chi connectivity index (χ2v) is 5.17. The molecule has 1 rings (SSSR count). The van der Waals surface area contributed by atoms with Crippen LogP contribution in [-0.4, -0.2) is 35.1 Å². The highest BCUT2D eigenvalue weighted by Crippen LogP contribution is 2.16. The predicted molar refractivity (Wildman–Crippen MR) is 86.2 cm³/mol. The maximum absolute atomic E-state index is 12.8. The second-order valence-electron chi connectivity index (χ2n) is 5.17. The number of carbonyl (C=O) groups excluding carboxylic acids is 1. The van der Waals surface area contributed by atoms with E-state index in [2.05, 4.69) is 25.7 Å². The molecule has 114 valence electrons. The Morgan fingerprint density at radius 2 is 2.10 bits per heavy atom. The van der Waals surface area contributed by atoms with Crippen LogP contribution in [0.4, 0.5) is 0 Å². The summed E-state index contributed by atoms with van der Waals surface area (Å²) in [5, 5.41) is 8.82. The molecule has 1 aromatic rings. The number of aliphatic hydroxyl groups is 1. The molecular weight excluding hydrogens is 262 g/mol. The summed E-state index contributed by atoms with van der Waals surface area (Å²) in [7, 11) is 0. The lowest BCUT2D eigenvalue weighted by atomic mass is 10.0. The fraction of sp³-hybridized carbons (Fsp3) is 0.500. The molecule has 0 aliphatic carbocycles. The van der Waals surface area contributed by atoms with Gasteiger partial charge in [0.25, 0.3) is 5.91 Å². The van der Waals surface area contributed by atoms with Crippen LogP contribution in [0.25, 0.3) is 0 Å². The van der Waals surface area contributed by atoms with Crippen molar-refractivity contribution >= 4 is 5.91 Å². The van der Waals surface area contributed by atoms with Gasteiger partial charge in [0.05, 0.1) is 12.2 Å². The number of aliphatic hydroxyl groups excluding tert-OH is 1. The molecule has 0 bridgehead atoms. The number of carbonyl (C=O) groups is 1. The molecule has 0 spiro atoms. The van der Waals surface area contributed by atoms with Gasteiger partial charge >= 0.3 is 0 Å². The van der Waals surface area contributed by atoms with E-state index in [0.717, 1.165) is 17.5 Å². The molecule has 1 amide bonds. The van der Waals surface area contributed by atoms with Crippen molar-refractivity contribution in [3.63, 3.8) is 0 Å². The number of hydrogen-bond donors (Lipinski definition) is 1. The van der Waals surface area contributed by atoms with Gasteiger partial charge in [-0.25, -0.2) is 0 Å². The van der Waals surface area contributed by atoms with Crippen molar-refractivity contribution in [1.29, 1.82) is 0 Å². The van der Waals surface area contributed by atoms with Gasteiger partial charge in [0.1, 0.15) is 0 Å². The summed E-state index contributed by atoms with van der Waals surface area (Å²) in [6.07, 6.45) is 1.35. The average Bonchev–Trinajstić information content (AvgIpc) is 2.49. The highest BCUT2D eigenvalue weighted by atomic mass is 16.2. The summed E-state index contributed by atoms with van der Waals surface area (Å²) in [6, 6.07) is 5.95. The summed E-state index contributed by atoms with van der Waals surface area (Å²) >= 11 is 0. The van der Waals surface area contributed by atoms with Gasteiger partial charge in [0.2, 0.25) is 0 Å². The number of aryl methyl sites for hydroxylation is 1. The quantitative estimate of drug-likeness (QED) is 0.846. The third kappa shape index (κ3) is 4.61. The fourth-order valence-electron chi connectivity index (χ4n) is 2.19. The van der Waals surface area contributed by atoms with Crippen molar-refractivity contribution in [2.75, 3.05) is 13.2 Å². The van der Waals surface area contributed by atoms with E-state index in [1.165, 1.54) is 0 Å². The van der Waals surface area contributed by atoms with E-state index < -0.39 is 0 Å². The van der Waals surface area contributed by atoms with Gasteiger partial charge in [0.15, 0.2) is 0 Å². The average molecular weight is 287 g/mol. The molecule has 0 aliphatic rings. The number of benzene rings is 1. The van der Waals surface area contributed by atoms with Gasteiger partial charge < -0.3 is 10.0 Å². The third-order valence-corrected chi connectivity index (χ3v) is 3.59. The first-order valence-electron chi connectivity index (χ1n) is 7.56. The van der Waals surface area contributed by atoms with Gasteiger partial charge in [0, 0.05) is 24.6 Å². The van der Waals surface area contributed by atoms with Crippen LogP contribution < -0.4 is 0 Å². The van der Waals surface area contributed by atoms with E-state index in [1.807, 2.05) is 36.9 Å². The van der Waals surface area contributed by atoms with Crippen LogP contribution in [0.15, 0.2) is 18.2 Å². The Morgan fingerprint density at radius 1 is 1.38 bits per heavy atom. The van der Waals surface area contributed by atoms with Gasteiger partial charge in [-0.3, -0.25) is 4.79 Å². The Labute approximate surface area is 128 Å². The van der Waals surface area contributed by atoms with Crippen molar-refractivity contribution < 1.29 is 9.90 Å². The molecule has 3 heteroatoms. The fourth-order valence-corrected chi connectivity index (χ4v) is 2.19. The summed E-state index contributed by atoms with van der Waals surface area (Å²) in [5.41, 5.74) is 2.44. The minimum absolute atomic E-state index is 0.0313. The maximum atomic E-state index is 12.8. The molecule has 0 saturated heterocycles. The molecule has 0 aromatic heterocycles. The van der Waals surface area contributed by atoms with Crippen LogP contribution in [0.3, 0.4) is 0 Å². The zero-order valence-corrected chi connectivity index (χ0v) is 13.4. The Bertz CT molecular complexity index is 540. The number of amides is 1. The molecule has 0 saturated carbocycles. The second kappa shape index (κ2) is 8.49. The molecule has 1 aromatic carbocycles. The molecule has 0 fully saturated rings. The summed E-state index contributed by atoms with van der Waals surface area (Å²) < 4.78 is 0. The standard InChI is InChI=1S/C18H25NO2/c1-5-15(4)19(6-2)18(21)17-13-14(3)10-11-16(17)9-7-8-12-20/h10-11,13,15,20H,5-6,8,12H2,1-4H3. The number of nitrogens with zero attached hydrogens (tertiary/aromatic N) is 1. The summed E-state index contributed by atoms with van der Waals surface area (Å²) in [6.45, 7) is 8.84. The van der Waals surface area contributed by atoms with Crippen molar-refractivity contribution in [3.05, 3.63) is 34.9 Å². The third-order valence-electron chi connectivity index (χ3n) is 3.59. The van der Waals surface area contributed by atoms with Crippen LogP contribution in [0.2, 0.25) is 0 Å². The Morgan fingerprint density at radius 3 is 2.67 bits per heavy atom. The van der Waals surface area contributed by atoms with Crippen LogP contribution in [0, 0.1) is 18.8 Å². The lowest BCUT2D eigenvalue weighted by Gasteiger charge is -2.27. The van der Waals surface area contributed by atoms with Gasteiger partial charge in [-0.1, -0.05) is 30.4 Å². The first kappa shape index (κ1) is 17.3. The van der Waals surface area contributed by atoms with Crippen LogP contribution >= 0.6 is 0 Å². The summed E-state index contributed by atoms with van der Waals surface area (Å²) in [5.74, 6) is 5.93. The van der Waals surface area contributed by atoms with Crippen molar-refractivity contribution in [1.82, 2.24) is 4.90 Å². The minimum Gasteiger partial charge on any atom is -0.395 e. The van der Waals surface area contributed by atoms with E-state index in [9.17, 15) is 4.79 Å². The van der Waals surface area contributed by atoms with Crippen molar-refractivity contribution in [3.8, 4) is 11.8 Å². The molecule has 21 heavy (non-hydrogen) atoms. The van der Waals surface area contributed by atoms with Gasteiger partial charge in [-0.05, 0) is 39.3 Å². The zero-order chi connectivity index (χ0) is 15.8. The van der Waals surface area contributed by atoms with Crippen molar-refractivity contribution in [2.45, 2.75) is 46.6 Å². The molecule has 1 atom stereocenters. The molecule has 1 unspecified atom stereocenters. The molecular formula is C18H25NO2. The Balaban J connectivity index is 3.18. The Hall–Kier alpha value is -1.79. The molecule has 0 radical (unpaired) electrons. The van der Waals surface area contributed by atoms with Gasteiger partial charge in [-0.2, -0.15) is 0 Å². The summed E-state index contributed by atoms with van der Waals surface area (Å²) in [4.78, 5) is 14.7. The minimum atomic E-state index is 0.0313. The number of hydrogen-bond acceptors (Lipinski definition) is 2. The largest absolute Gasteiger partial charge is 0.395 e. The van der Waals surface area contributed by atoms with Gasteiger partial charge in [-0.15, -0.1) is 0 Å². The van der Waals surface area contributed by atoms with E-state index >= 15 is 0 Å². The molecule has 0 aliphatic heterocycles. The van der Waals surface area contributed by atoms with Crippen LogP contribution in [-0.2, 0) is 0 Å². The first-order chi connectivity index (χ1) is 10.0. The lowest BCUT2D eigenvalue weighted by molar-refractivity contribution is 0.0699. The molecule has 0 heterocycles. The predicted octanol–water partition coefficient (Wildman–Crippen LogP) is 2.99. The Kier molecular flexibility index (Phi) is 6.98. The monoisotopic (exact) mass is 287 g/mol. The topological polar surface area (TPSA) is 40.5 Å². The normalized spacial score (nSPS) is 11.5. The highest BCUT2D eigenvalue weighted by Gasteiger charge is 2.20. The van der Waals surface area contributed by atoms with Crippen molar-refractivity contribution in [2.24, 2.45) is 0 Å².